The summed E-state index contributed by atoms with van der Waals surface area (Å²) < 4.78 is 2.63. The molecule has 0 N–H and O–H groups in total. The fraction of sp³-hybridized carbons (Fsp3) is 0.429. The molecule has 1 aliphatic carbocycles. The lowest BCUT2D eigenvalue weighted by atomic mass is 9.97. The minimum atomic E-state index is 0.0482. The molecule has 0 atom stereocenters. The fourth-order valence-electron chi connectivity index (χ4n) is 2.65. The SMILES string of the molecule is C=CCn1nc(SC)c2sc3c(c2c1=O)CCCC3. The van der Waals surface area contributed by atoms with Crippen LogP contribution in [0.25, 0.3) is 10.1 Å². The van der Waals surface area contributed by atoms with E-state index in [0.717, 1.165) is 28.0 Å². The van der Waals surface area contributed by atoms with Crippen molar-refractivity contribution in [2.24, 2.45) is 0 Å². The van der Waals surface area contributed by atoms with Gasteiger partial charge < -0.3 is 0 Å². The highest BCUT2D eigenvalue weighted by Gasteiger charge is 2.21. The van der Waals surface area contributed by atoms with Crippen molar-refractivity contribution in [1.29, 1.82) is 0 Å². The second-order valence-electron chi connectivity index (χ2n) is 4.70. The quantitative estimate of drug-likeness (QED) is 0.643. The predicted molar refractivity (Wildman–Crippen MR) is 82.5 cm³/mol. The highest BCUT2D eigenvalue weighted by molar-refractivity contribution is 7.98. The average molecular weight is 292 g/mol. The van der Waals surface area contributed by atoms with Crippen molar-refractivity contribution >= 4 is 33.2 Å². The van der Waals surface area contributed by atoms with Crippen molar-refractivity contribution in [2.45, 2.75) is 37.3 Å². The Labute approximate surface area is 120 Å². The van der Waals surface area contributed by atoms with Crippen LogP contribution in [-0.2, 0) is 19.4 Å². The number of allylic oxidation sites excluding steroid dienone is 1. The lowest BCUT2D eigenvalue weighted by Crippen LogP contribution is -2.23. The summed E-state index contributed by atoms with van der Waals surface area (Å²) in [6, 6.07) is 0. The van der Waals surface area contributed by atoms with E-state index in [4.69, 9.17) is 0 Å². The lowest BCUT2D eigenvalue weighted by Gasteiger charge is -2.10. The van der Waals surface area contributed by atoms with Gasteiger partial charge in [-0.25, -0.2) is 4.68 Å². The van der Waals surface area contributed by atoms with Gasteiger partial charge in [0.1, 0.15) is 5.03 Å². The number of hydrogen-bond acceptors (Lipinski definition) is 4. The molecule has 0 saturated heterocycles. The Kier molecular flexibility index (Phi) is 3.50. The summed E-state index contributed by atoms with van der Waals surface area (Å²) in [5.74, 6) is 0. The number of aryl methyl sites for hydroxylation is 2. The molecule has 0 fully saturated rings. The molecule has 2 aromatic heterocycles. The van der Waals surface area contributed by atoms with Gasteiger partial charge in [0.15, 0.2) is 0 Å². The van der Waals surface area contributed by atoms with Gasteiger partial charge in [-0.3, -0.25) is 4.79 Å². The zero-order chi connectivity index (χ0) is 13.4. The van der Waals surface area contributed by atoms with Gasteiger partial charge >= 0.3 is 0 Å². The molecule has 5 heteroatoms. The molecule has 0 bridgehead atoms. The number of thioether (sulfide) groups is 1. The van der Waals surface area contributed by atoms with Crippen LogP contribution in [-0.4, -0.2) is 16.0 Å². The van der Waals surface area contributed by atoms with Crippen LogP contribution in [0.1, 0.15) is 23.3 Å². The topological polar surface area (TPSA) is 34.9 Å². The number of hydrogen-bond donors (Lipinski definition) is 0. The Hall–Kier alpha value is -1.07. The molecular formula is C14H16N2OS2. The number of thiophene rings is 1. The third kappa shape index (κ3) is 2.05. The Balaban J connectivity index is 2.36. The minimum Gasteiger partial charge on any atom is -0.267 e. The van der Waals surface area contributed by atoms with E-state index in [2.05, 4.69) is 11.7 Å². The molecule has 0 radical (unpaired) electrons. The van der Waals surface area contributed by atoms with Crippen molar-refractivity contribution in [3.63, 3.8) is 0 Å². The largest absolute Gasteiger partial charge is 0.276 e. The Bertz CT molecular complexity index is 700. The monoisotopic (exact) mass is 292 g/mol. The summed E-state index contributed by atoms with van der Waals surface area (Å²) in [4.78, 5) is 14.0. The molecule has 100 valence electrons. The van der Waals surface area contributed by atoms with Gasteiger partial charge in [-0.05, 0) is 37.5 Å². The molecule has 0 amide bonds. The molecule has 0 spiro atoms. The second-order valence-corrected chi connectivity index (χ2v) is 6.60. The first-order valence-corrected chi connectivity index (χ1v) is 8.50. The molecule has 2 heterocycles. The van der Waals surface area contributed by atoms with Crippen LogP contribution in [0.15, 0.2) is 22.5 Å². The summed E-state index contributed by atoms with van der Waals surface area (Å²) in [5, 5.41) is 6.34. The average Bonchev–Trinajstić information content (AvgIpc) is 2.82. The third-order valence-corrected chi connectivity index (χ3v) is 5.62. The van der Waals surface area contributed by atoms with E-state index in [1.165, 1.54) is 23.3 Å². The maximum absolute atomic E-state index is 12.6. The van der Waals surface area contributed by atoms with Crippen LogP contribution in [0.5, 0.6) is 0 Å². The molecule has 2 aromatic rings. The molecule has 3 nitrogen and oxygen atoms in total. The highest BCUT2D eigenvalue weighted by Crippen LogP contribution is 2.37. The van der Waals surface area contributed by atoms with Gasteiger partial charge in [-0.1, -0.05) is 6.08 Å². The molecule has 1 aliphatic rings. The van der Waals surface area contributed by atoms with Crippen LogP contribution in [0.3, 0.4) is 0 Å². The van der Waals surface area contributed by atoms with Crippen LogP contribution in [0.2, 0.25) is 0 Å². The van der Waals surface area contributed by atoms with E-state index in [0.29, 0.717) is 6.54 Å². The molecule has 0 saturated carbocycles. The molecule has 0 aromatic carbocycles. The van der Waals surface area contributed by atoms with Crippen LogP contribution >= 0.6 is 23.1 Å². The molecule has 0 unspecified atom stereocenters. The van der Waals surface area contributed by atoms with Gasteiger partial charge in [-0.15, -0.1) is 29.7 Å². The smallest absolute Gasteiger partial charge is 0.267 e. The van der Waals surface area contributed by atoms with Gasteiger partial charge in [0.05, 0.1) is 16.6 Å². The summed E-state index contributed by atoms with van der Waals surface area (Å²) in [5.41, 5.74) is 1.33. The van der Waals surface area contributed by atoms with Gasteiger partial charge in [0.2, 0.25) is 0 Å². The third-order valence-electron chi connectivity index (χ3n) is 3.52. The maximum Gasteiger partial charge on any atom is 0.276 e. The van der Waals surface area contributed by atoms with E-state index >= 15 is 0 Å². The first kappa shape index (κ1) is 12.9. The highest BCUT2D eigenvalue weighted by atomic mass is 32.2. The first-order valence-electron chi connectivity index (χ1n) is 6.46. The second kappa shape index (κ2) is 5.13. The molecular weight excluding hydrogens is 276 g/mol. The Morgan fingerprint density at radius 2 is 2.26 bits per heavy atom. The Morgan fingerprint density at radius 3 is 3.00 bits per heavy atom. The fourth-order valence-corrected chi connectivity index (χ4v) is 4.76. The van der Waals surface area contributed by atoms with E-state index in [9.17, 15) is 4.79 Å². The summed E-state index contributed by atoms with van der Waals surface area (Å²) in [6.45, 7) is 4.18. The normalized spacial score (nSPS) is 14.6. The lowest BCUT2D eigenvalue weighted by molar-refractivity contribution is 0.631. The maximum atomic E-state index is 12.6. The molecule has 19 heavy (non-hydrogen) atoms. The molecule has 0 aliphatic heterocycles. The van der Waals surface area contributed by atoms with Crippen LogP contribution in [0.4, 0.5) is 0 Å². The van der Waals surface area contributed by atoms with E-state index in [-0.39, 0.29) is 5.56 Å². The summed E-state index contributed by atoms with van der Waals surface area (Å²) in [7, 11) is 0. The minimum absolute atomic E-state index is 0.0482. The zero-order valence-corrected chi connectivity index (χ0v) is 12.6. The van der Waals surface area contributed by atoms with Gasteiger partial charge in [0, 0.05) is 4.88 Å². The number of rotatable bonds is 3. The predicted octanol–water partition coefficient (Wildman–Crippen LogP) is 3.24. The summed E-state index contributed by atoms with van der Waals surface area (Å²) in [6.07, 6.45) is 8.33. The van der Waals surface area contributed by atoms with Crippen molar-refractivity contribution in [3.8, 4) is 0 Å². The van der Waals surface area contributed by atoms with E-state index in [1.54, 1.807) is 33.9 Å². The van der Waals surface area contributed by atoms with E-state index in [1.807, 2.05) is 6.26 Å². The van der Waals surface area contributed by atoms with Crippen molar-refractivity contribution < 1.29 is 0 Å². The van der Waals surface area contributed by atoms with Crippen molar-refractivity contribution in [2.75, 3.05) is 6.26 Å². The summed E-state index contributed by atoms with van der Waals surface area (Å²) >= 11 is 3.39. The number of nitrogens with zero attached hydrogens (tertiary/aromatic N) is 2. The first-order chi connectivity index (χ1) is 9.26. The number of fused-ring (bicyclic) bond motifs is 3. The van der Waals surface area contributed by atoms with E-state index < -0.39 is 0 Å². The zero-order valence-electron chi connectivity index (χ0n) is 10.9. The van der Waals surface area contributed by atoms with Crippen LogP contribution in [0, 0.1) is 0 Å². The molecule has 3 rings (SSSR count). The number of aromatic nitrogens is 2. The Morgan fingerprint density at radius 1 is 1.47 bits per heavy atom. The van der Waals surface area contributed by atoms with Gasteiger partial charge in [-0.2, -0.15) is 5.10 Å². The standard InChI is InChI=1S/C14H16N2OS2/c1-3-8-16-14(17)11-9-6-4-5-7-10(9)19-12(11)13(15-16)18-2/h3H,1,4-8H2,2H3. The van der Waals surface area contributed by atoms with Crippen molar-refractivity contribution in [1.82, 2.24) is 9.78 Å². The van der Waals surface area contributed by atoms with Crippen LogP contribution < -0.4 is 5.56 Å². The van der Waals surface area contributed by atoms with Gasteiger partial charge in [0.25, 0.3) is 5.56 Å². The van der Waals surface area contributed by atoms with Crippen molar-refractivity contribution in [3.05, 3.63) is 33.4 Å².